The van der Waals surface area contributed by atoms with Gasteiger partial charge in [0.25, 0.3) is 0 Å². The third-order valence-electron chi connectivity index (χ3n) is 3.12. The van der Waals surface area contributed by atoms with Gasteiger partial charge in [-0.25, -0.2) is 4.68 Å². The summed E-state index contributed by atoms with van der Waals surface area (Å²) in [6.45, 7) is 4.43. The Morgan fingerprint density at radius 3 is 2.70 bits per heavy atom. The molecule has 0 saturated heterocycles. The molecule has 0 radical (unpaired) electrons. The van der Waals surface area contributed by atoms with E-state index >= 15 is 0 Å². The van der Waals surface area contributed by atoms with Crippen LogP contribution in [-0.2, 0) is 11.3 Å². The summed E-state index contributed by atoms with van der Waals surface area (Å²) in [6.07, 6.45) is 0. The highest BCUT2D eigenvalue weighted by molar-refractivity contribution is 5.77. The van der Waals surface area contributed by atoms with E-state index in [-0.39, 0.29) is 5.60 Å². The number of anilines is 1. The van der Waals surface area contributed by atoms with Gasteiger partial charge in [-0.05, 0) is 36.4 Å². The van der Waals surface area contributed by atoms with E-state index in [9.17, 15) is 0 Å². The van der Waals surface area contributed by atoms with Gasteiger partial charge in [-0.3, -0.25) is 0 Å². The van der Waals surface area contributed by atoms with Gasteiger partial charge >= 0.3 is 0 Å². The van der Waals surface area contributed by atoms with Crippen molar-refractivity contribution < 1.29 is 9.47 Å². The molecule has 1 heterocycles. The fourth-order valence-electron chi connectivity index (χ4n) is 1.87. The first-order valence-electron chi connectivity index (χ1n) is 6.22. The van der Waals surface area contributed by atoms with Crippen LogP contribution in [0.5, 0.6) is 5.75 Å². The summed E-state index contributed by atoms with van der Waals surface area (Å²) in [5.41, 5.74) is 6.90. The average molecular weight is 277 g/mol. The Bertz CT molecular complexity index is 594. The van der Waals surface area contributed by atoms with E-state index in [1.165, 1.54) is 0 Å². The molecule has 0 spiro atoms. The number of aromatic nitrogens is 4. The molecule has 1 aromatic carbocycles. The lowest BCUT2D eigenvalue weighted by molar-refractivity contribution is 0.00538. The van der Waals surface area contributed by atoms with E-state index in [1.807, 2.05) is 26.0 Å². The molecule has 0 amide bonds. The minimum atomic E-state index is -0.388. The minimum absolute atomic E-state index is 0.388. The molecule has 7 heteroatoms. The van der Waals surface area contributed by atoms with Crippen molar-refractivity contribution in [1.82, 2.24) is 20.2 Å². The van der Waals surface area contributed by atoms with Crippen LogP contribution < -0.4 is 10.5 Å². The number of methoxy groups -OCH3 is 2. The van der Waals surface area contributed by atoms with Crippen molar-refractivity contribution in [2.24, 2.45) is 0 Å². The lowest BCUT2D eigenvalue weighted by Crippen LogP contribution is -2.30. The fraction of sp³-hybridized carbons (Fsp3) is 0.462. The molecule has 2 aromatic rings. The highest BCUT2D eigenvalue weighted by Gasteiger charge is 2.23. The van der Waals surface area contributed by atoms with E-state index in [0.717, 1.165) is 0 Å². The Hall–Kier alpha value is -2.15. The molecule has 2 rings (SSSR count). The standard InChI is InChI=1S/C13H19N5O2/c1-13(2,20-4)8-18-12(15-16-17-18)11-9(14)6-5-7-10(11)19-3/h5-7H,8,14H2,1-4H3. The predicted octanol–water partition coefficient (Wildman–Crippen LogP) is 1.36. The topological polar surface area (TPSA) is 88.1 Å². The summed E-state index contributed by atoms with van der Waals surface area (Å²) in [7, 11) is 3.24. The molecule has 0 atom stereocenters. The zero-order chi connectivity index (χ0) is 14.8. The number of ether oxygens (including phenoxy) is 2. The molecule has 0 aliphatic heterocycles. The first-order valence-corrected chi connectivity index (χ1v) is 6.22. The molecule has 0 fully saturated rings. The van der Waals surface area contributed by atoms with Crippen LogP contribution in [0.4, 0.5) is 5.69 Å². The van der Waals surface area contributed by atoms with E-state index < -0.39 is 0 Å². The first kappa shape index (κ1) is 14.3. The number of nitrogen functional groups attached to an aromatic ring is 1. The van der Waals surface area contributed by atoms with Gasteiger partial charge in [-0.15, -0.1) is 5.10 Å². The summed E-state index contributed by atoms with van der Waals surface area (Å²) in [6, 6.07) is 5.44. The Morgan fingerprint density at radius 2 is 2.05 bits per heavy atom. The van der Waals surface area contributed by atoms with Gasteiger partial charge in [0.2, 0.25) is 0 Å². The van der Waals surface area contributed by atoms with Crippen LogP contribution in [0.3, 0.4) is 0 Å². The molecule has 1 aromatic heterocycles. The fourth-order valence-corrected chi connectivity index (χ4v) is 1.87. The van der Waals surface area contributed by atoms with Crippen LogP contribution in [0, 0.1) is 0 Å². The number of benzene rings is 1. The number of nitrogens with zero attached hydrogens (tertiary/aromatic N) is 4. The maximum atomic E-state index is 6.03. The van der Waals surface area contributed by atoms with Gasteiger partial charge in [-0.1, -0.05) is 6.07 Å². The van der Waals surface area contributed by atoms with Gasteiger partial charge in [0, 0.05) is 12.8 Å². The molecular weight excluding hydrogens is 258 g/mol. The second kappa shape index (κ2) is 5.46. The van der Waals surface area contributed by atoms with Crippen LogP contribution >= 0.6 is 0 Å². The van der Waals surface area contributed by atoms with E-state index in [2.05, 4.69) is 15.5 Å². The highest BCUT2D eigenvalue weighted by atomic mass is 16.5. The number of hydrogen-bond acceptors (Lipinski definition) is 6. The molecule has 0 aliphatic carbocycles. The van der Waals surface area contributed by atoms with Crippen molar-refractivity contribution in [2.75, 3.05) is 20.0 Å². The smallest absolute Gasteiger partial charge is 0.187 e. The number of nitrogens with two attached hydrogens (primary N) is 1. The molecule has 0 saturated carbocycles. The molecule has 0 bridgehead atoms. The van der Waals surface area contributed by atoms with E-state index in [0.29, 0.717) is 29.4 Å². The van der Waals surface area contributed by atoms with Gasteiger partial charge in [-0.2, -0.15) is 0 Å². The summed E-state index contributed by atoms with van der Waals surface area (Å²) in [5, 5.41) is 11.8. The zero-order valence-corrected chi connectivity index (χ0v) is 12.1. The predicted molar refractivity (Wildman–Crippen MR) is 75.3 cm³/mol. The van der Waals surface area contributed by atoms with E-state index in [4.69, 9.17) is 15.2 Å². The second-order valence-corrected chi connectivity index (χ2v) is 5.05. The van der Waals surface area contributed by atoms with Gasteiger partial charge in [0.15, 0.2) is 5.82 Å². The molecule has 0 unspecified atom stereocenters. The summed E-state index contributed by atoms with van der Waals surface area (Å²) in [4.78, 5) is 0. The van der Waals surface area contributed by atoms with Gasteiger partial charge < -0.3 is 15.2 Å². The van der Waals surface area contributed by atoms with Crippen LogP contribution in [-0.4, -0.2) is 40.0 Å². The van der Waals surface area contributed by atoms with Crippen molar-refractivity contribution in [3.8, 4) is 17.1 Å². The lowest BCUT2D eigenvalue weighted by atomic mass is 10.1. The molecule has 108 valence electrons. The largest absolute Gasteiger partial charge is 0.496 e. The zero-order valence-electron chi connectivity index (χ0n) is 12.1. The molecular formula is C13H19N5O2. The first-order chi connectivity index (χ1) is 9.48. The lowest BCUT2D eigenvalue weighted by Gasteiger charge is -2.23. The van der Waals surface area contributed by atoms with Crippen LogP contribution in [0.1, 0.15) is 13.8 Å². The van der Waals surface area contributed by atoms with E-state index in [1.54, 1.807) is 25.0 Å². The second-order valence-electron chi connectivity index (χ2n) is 5.05. The van der Waals surface area contributed by atoms with Crippen molar-refractivity contribution in [1.29, 1.82) is 0 Å². The Labute approximate surface area is 117 Å². The number of tetrazole rings is 1. The number of hydrogen-bond donors (Lipinski definition) is 1. The summed E-state index contributed by atoms with van der Waals surface area (Å²) >= 11 is 0. The maximum absolute atomic E-state index is 6.03. The molecule has 2 N–H and O–H groups in total. The van der Waals surface area contributed by atoms with Crippen molar-refractivity contribution in [3.05, 3.63) is 18.2 Å². The highest BCUT2D eigenvalue weighted by Crippen LogP contribution is 2.33. The normalized spacial score (nSPS) is 11.6. The third kappa shape index (κ3) is 2.72. The van der Waals surface area contributed by atoms with Crippen LogP contribution in [0.15, 0.2) is 18.2 Å². The third-order valence-corrected chi connectivity index (χ3v) is 3.12. The Kier molecular flexibility index (Phi) is 3.89. The maximum Gasteiger partial charge on any atom is 0.187 e. The van der Waals surface area contributed by atoms with Crippen LogP contribution in [0.25, 0.3) is 11.4 Å². The monoisotopic (exact) mass is 277 g/mol. The number of rotatable bonds is 5. The average Bonchev–Trinajstić information content (AvgIpc) is 2.85. The molecule has 7 nitrogen and oxygen atoms in total. The minimum Gasteiger partial charge on any atom is -0.496 e. The molecule has 20 heavy (non-hydrogen) atoms. The summed E-state index contributed by atoms with van der Waals surface area (Å²) < 4.78 is 12.4. The van der Waals surface area contributed by atoms with Gasteiger partial charge in [0.1, 0.15) is 5.75 Å². The summed E-state index contributed by atoms with van der Waals surface area (Å²) in [5.74, 6) is 1.20. The van der Waals surface area contributed by atoms with Gasteiger partial charge in [0.05, 0.1) is 24.8 Å². The molecule has 0 aliphatic rings. The Morgan fingerprint density at radius 1 is 1.30 bits per heavy atom. The van der Waals surface area contributed by atoms with Crippen molar-refractivity contribution >= 4 is 5.69 Å². The van der Waals surface area contributed by atoms with Crippen molar-refractivity contribution in [2.45, 2.75) is 26.0 Å². The SMILES string of the molecule is COc1cccc(N)c1-c1nnnn1CC(C)(C)OC. The Balaban J connectivity index is 2.48. The van der Waals surface area contributed by atoms with Crippen molar-refractivity contribution in [3.63, 3.8) is 0 Å². The van der Waals surface area contributed by atoms with Crippen LogP contribution in [0.2, 0.25) is 0 Å². The quantitative estimate of drug-likeness (QED) is 0.830.